The maximum absolute atomic E-state index is 6.22. The monoisotopic (exact) mass is 320 g/mol. The molecular weight excluding hydrogens is 296 g/mol. The Morgan fingerprint density at radius 1 is 1.00 bits per heavy atom. The first-order valence-corrected chi connectivity index (χ1v) is 8.50. The van der Waals surface area contributed by atoms with Crippen molar-refractivity contribution in [2.75, 3.05) is 13.7 Å². The molecule has 3 aliphatic rings. The first kappa shape index (κ1) is 15.4. The van der Waals surface area contributed by atoms with Gasteiger partial charge in [0.2, 0.25) is 0 Å². The average molecular weight is 320 g/mol. The molecule has 0 aromatic heterocycles. The standard InChI is InChI=1S/C18H24O5/c1-3-13-17-15(22-17)9-8-14-16(21-13)10-20-18(23-14)11-4-6-12(19-2)7-5-11/h4-7,13-18H,3,8-10H2,1-2H3/t13-,14?,15+,16?,17+,18+/m0/s1. The molecule has 1 aromatic rings. The molecule has 3 fully saturated rings. The van der Waals surface area contributed by atoms with Crippen molar-refractivity contribution in [3.05, 3.63) is 29.8 Å². The predicted molar refractivity (Wildman–Crippen MR) is 83.4 cm³/mol. The molecule has 0 N–H and O–H groups in total. The van der Waals surface area contributed by atoms with Crippen LogP contribution >= 0.6 is 0 Å². The highest BCUT2D eigenvalue weighted by Gasteiger charge is 2.49. The van der Waals surface area contributed by atoms with E-state index in [-0.39, 0.29) is 30.7 Å². The Bertz CT molecular complexity index is 531. The topological polar surface area (TPSA) is 49.5 Å². The summed E-state index contributed by atoms with van der Waals surface area (Å²) in [4.78, 5) is 0. The summed E-state index contributed by atoms with van der Waals surface area (Å²) in [6, 6.07) is 7.84. The summed E-state index contributed by atoms with van der Waals surface area (Å²) in [7, 11) is 1.66. The smallest absolute Gasteiger partial charge is 0.184 e. The lowest BCUT2D eigenvalue weighted by molar-refractivity contribution is -0.276. The van der Waals surface area contributed by atoms with Gasteiger partial charge in [0.25, 0.3) is 0 Å². The van der Waals surface area contributed by atoms with Crippen molar-refractivity contribution >= 4 is 0 Å². The van der Waals surface area contributed by atoms with Crippen LogP contribution < -0.4 is 4.74 Å². The fourth-order valence-corrected chi connectivity index (χ4v) is 3.57. The predicted octanol–water partition coefficient (Wildman–Crippen LogP) is 2.83. The molecule has 126 valence electrons. The lowest BCUT2D eigenvalue weighted by Crippen LogP contribution is -2.46. The lowest BCUT2D eigenvalue weighted by Gasteiger charge is -2.39. The summed E-state index contributed by atoms with van der Waals surface area (Å²) in [5.74, 6) is 0.833. The van der Waals surface area contributed by atoms with Crippen LogP contribution in [0.4, 0.5) is 0 Å². The van der Waals surface area contributed by atoms with Crippen molar-refractivity contribution in [1.82, 2.24) is 0 Å². The van der Waals surface area contributed by atoms with E-state index in [1.54, 1.807) is 7.11 Å². The molecule has 4 rings (SSSR count). The molecule has 2 unspecified atom stereocenters. The Balaban J connectivity index is 1.45. The zero-order valence-electron chi connectivity index (χ0n) is 13.6. The number of epoxide rings is 1. The zero-order valence-corrected chi connectivity index (χ0v) is 13.6. The van der Waals surface area contributed by atoms with E-state index in [1.165, 1.54) is 0 Å². The van der Waals surface area contributed by atoms with Crippen molar-refractivity contribution in [3.63, 3.8) is 0 Å². The fraction of sp³-hybridized carbons (Fsp3) is 0.667. The highest BCUT2D eigenvalue weighted by molar-refractivity contribution is 5.28. The van der Waals surface area contributed by atoms with Crippen LogP contribution in [0.15, 0.2) is 24.3 Å². The third-order valence-corrected chi connectivity index (χ3v) is 4.99. The fourth-order valence-electron chi connectivity index (χ4n) is 3.57. The van der Waals surface area contributed by atoms with Crippen molar-refractivity contribution in [3.8, 4) is 5.75 Å². The van der Waals surface area contributed by atoms with E-state index in [9.17, 15) is 0 Å². The Labute approximate surface area is 136 Å². The number of hydrogen-bond acceptors (Lipinski definition) is 5. The van der Waals surface area contributed by atoms with Crippen molar-refractivity contribution in [1.29, 1.82) is 0 Å². The highest BCUT2D eigenvalue weighted by atomic mass is 16.7. The van der Waals surface area contributed by atoms with Gasteiger partial charge in [0.1, 0.15) is 18.0 Å². The molecule has 0 saturated carbocycles. The largest absolute Gasteiger partial charge is 0.497 e. The van der Waals surface area contributed by atoms with Crippen molar-refractivity contribution in [2.24, 2.45) is 0 Å². The molecule has 3 heterocycles. The molecule has 3 aliphatic heterocycles. The molecule has 1 aromatic carbocycles. The molecule has 5 nitrogen and oxygen atoms in total. The third-order valence-electron chi connectivity index (χ3n) is 4.99. The van der Waals surface area contributed by atoms with E-state index in [4.69, 9.17) is 23.7 Å². The average Bonchev–Trinajstić information content (AvgIpc) is 3.35. The van der Waals surface area contributed by atoms with Gasteiger partial charge < -0.3 is 23.7 Å². The minimum Gasteiger partial charge on any atom is -0.497 e. The van der Waals surface area contributed by atoms with E-state index < -0.39 is 0 Å². The molecule has 0 radical (unpaired) electrons. The molecule has 0 bridgehead atoms. The van der Waals surface area contributed by atoms with Gasteiger partial charge in [0.05, 0.1) is 32.0 Å². The van der Waals surface area contributed by atoms with Gasteiger partial charge in [-0.25, -0.2) is 0 Å². The van der Waals surface area contributed by atoms with Gasteiger partial charge in [0.15, 0.2) is 6.29 Å². The van der Waals surface area contributed by atoms with Gasteiger partial charge >= 0.3 is 0 Å². The number of fused-ring (bicyclic) bond motifs is 2. The summed E-state index contributed by atoms with van der Waals surface area (Å²) >= 11 is 0. The summed E-state index contributed by atoms with van der Waals surface area (Å²) in [5, 5.41) is 0. The third kappa shape index (κ3) is 3.11. The first-order valence-electron chi connectivity index (χ1n) is 8.50. The first-order chi connectivity index (χ1) is 11.3. The van der Waals surface area contributed by atoms with Gasteiger partial charge in [-0.2, -0.15) is 0 Å². The van der Waals surface area contributed by atoms with Crippen LogP contribution in [0.1, 0.15) is 38.0 Å². The molecule has 23 heavy (non-hydrogen) atoms. The molecular formula is C18H24O5. The second-order valence-electron chi connectivity index (χ2n) is 6.45. The maximum atomic E-state index is 6.22. The van der Waals surface area contributed by atoms with E-state index in [2.05, 4.69) is 6.92 Å². The Hall–Kier alpha value is -1.14. The van der Waals surface area contributed by atoms with Crippen molar-refractivity contribution < 1.29 is 23.7 Å². The van der Waals surface area contributed by atoms with Crippen molar-refractivity contribution in [2.45, 2.75) is 63.0 Å². The van der Waals surface area contributed by atoms with Crippen LogP contribution in [0.3, 0.4) is 0 Å². The Morgan fingerprint density at radius 3 is 2.52 bits per heavy atom. The number of hydrogen-bond donors (Lipinski definition) is 0. The normalized spacial score (nSPS) is 39.6. The van der Waals surface area contributed by atoms with Crippen LogP contribution in [0.2, 0.25) is 0 Å². The van der Waals surface area contributed by atoms with Crippen LogP contribution in [0, 0.1) is 0 Å². The second kappa shape index (κ2) is 6.40. The zero-order chi connectivity index (χ0) is 15.8. The van der Waals surface area contributed by atoms with E-state index >= 15 is 0 Å². The van der Waals surface area contributed by atoms with Gasteiger partial charge in [-0.1, -0.05) is 19.1 Å². The summed E-state index contributed by atoms with van der Waals surface area (Å²) in [6.45, 7) is 2.71. The number of rotatable bonds is 3. The Morgan fingerprint density at radius 2 is 1.78 bits per heavy atom. The second-order valence-corrected chi connectivity index (χ2v) is 6.45. The number of benzene rings is 1. The van der Waals surface area contributed by atoms with Gasteiger partial charge in [-0.05, 0) is 31.4 Å². The van der Waals surface area contributed by atoms with Crippen LogP contribution in [-0.2, 0) is 18.9 Å². The van der Waals surface area contributed by atoms with Crippen LogP contribution in [0.5, 0.6) is 5.75 Å². The lowest BCUT2D eigenvalue weighted by atomic mass is 9.99. The van der Waals surface area contributed by atoms with Gasteiger partial charge in [0, 0.05) is 5.56 Å². The van der Waals surface area contributed by atoms with E-state index in [1.807, 2.05) is 24.3 Å². The van der Waals surface area contributed by atoms with Crippen LogP contribution in [0.25, 0.3) is 0 Å². The molecule has 0 spiro atoms. The summed E-state index contributed by atoms with van der Waals surface area (Å²) < 4.78 is 29.3. The molecule has 5 heteroatoms. The number of ether oxygens (including phenoxy) is 5. The quantitative estimate of drug-likeness (QED) is 0.802. The van der Waals surface area contributed by atoms with Gasteiger partial charge in [-0.15, -0.1) is 0 Å². The highest BCUT2D eigenvalue weighted by Crippen LogP contribution is 2.39. The van der Waals surface area contributed by atoms with Gasteiger partial charge in [-0.3, -0.25) is 0 Å². The minimum absolute atomic E-state index is 0.000372. The van der Waals surface area contributed by atoms with E-state index in [0.29, 0.717) is 12.7 Å². The molecule has 6 atom stereocenters. The van der Waals surface area contributed by atoms with Crippen LogP contribution in [-0.4, -0.2) is 44.2 Å². The summed E-state index contributed by atoms with van der Waals surface area (Å²) in [6.07, 6.45) is 3.49. The number of methoxy groups -OCH3 is 1. The Kier molecular flexibility index (Phi) is 4.28. The van der Waals surface area contributed by atoms with E-state index in [0.717, 1.165) is 30.6 Å². The molecule has 0 amide bonds. The minimum atomic E-state index is -0.332. The molecule has 3 saturated heterocycles. The molecule has 0 aliphatic carbocycles. The maximum Gasteiger partial charge on any atom is 0.184 e. The summed E-state index contributed by atoms with van der Waals surface area (Å²) in [5.41, 5.74) is 1.01. The SMILES string of the molecule is CC[C@@H]1OC2CO[C@@H](c3ccc(OC)cc3)OC2CC[C@H]2O[C@H]12.